The average molecular weight is 591 g/mol. The van der Waals surface area contributed by atoms with Crippen LogP contribution in [0.25, 0.3) is 0 Å². The van der Waals surface area contributed by atoms with Gasteiger partial charge in [-0.3, -0.25) is 0 Å². The second-order valence-corrected chi connectivity index (χ2v) is 9.31. The fourth-order valence-corrected chi connectivity index (χ4v) is 4.53. The smallest absolute Gasteiger partial charge is 0.0107 e. The highest BCUT2D eigenvalue weighted by atomic mass is 79.9. The molecule has 1 fully saturated rings. The van der Waals surface area contributed by atoms with Gasteiger partial charge in [-0.1, -0.05) is 129 Å². The number of halogens is 2. The van der Waals surface area contributed by atoms with Crippen molar-refractivity contribution in [3.63, 3.8) is 0 Å². The molecule has 32 heavy (non-hydrogen) atoms. The van der Waals surface area contributed by atoms with Crippen LogP contribution in [0.5, 0.6) is 0 Å². The number of unbranched alkanes of at least 4 members (excludes halogenated alkanes) is 19. The Bertz CT molecular complexity index is 304. The summed E-state index contributed by atoms with van der Waals surface area (Å²) in [5.74, 6) is 0. The Morgan fingerprint density at radius 1 is 0.469 bits per heavy atom. The van der Waals surface area contributed by atoms with Crippen molar-refractivity contribution in [2.75, 3.05) is 32.7 Å². The van der Waals surface area contributed by atoms with E-state index < -0.39 is 0 Å². The van der Waals surface area contributed by atoms with Crippen LogP contribution >= 0.6 is 0 Å². The Morgan fingerprint density at radius 3 is 1.06 bits per heavy atom. The van der Waals surface area contributed by atoms with E-state index in [0.29, 0.717) is 0 Å². The zero-order valence-electron chi connectivity index (χ0n) is 22.4. The molecule has 0 amide bonds. The second kappa shape index (κ2) is 34.0. The lowest BCUT2D eigenvalue weighted by molar-refractivity contribution is -0.00100. The minimum atomic E-state index is 0. The van der Waals surface area contributed by atoms with Crippen LogP contribution < -0.4 is 51.6 Å². The number of nitrogens with one attached hydrogen (secondary N) is 1. The lowest BCUT2D eigenvalue weighted by Gasteiger charge is -2.27. The summed E-state index contributed by atoms with van der Waals surface area (Å²) < 4.78 is 0. The number of nitrogens with zero attached hydrogens (tertiary/aromatic N) is 1. The van der Waals surface area contributed by atoms with E-state index in [1.807, 2.05) is 0 Å². The molecule has 0 aromatic rings. The fraction of sp³-hybridized carbons (Fsp3) is 1.00. The van der Waals surface area contributed by atoms with Gasteiger partial charge in [0, 0.05) is 26.2 Å². The molecule has 0 bridgehead atoms. The normalized spacial score (nSPS) is 13.4. The van der Waals surface area contributed by atoms with Crippen LogP contribution in [0.4, 0.5) is 0 Å². The van der Waals surface area contributed by atoms with Crippen LogP contribution in [0.3, 0.4) is 0 Å². The van der Waals surface area contributed by atoms with Crippen molar-refractivity contribution in [2.45, 2.75) is 135 Å². The molecule has 9 N–H and O–H groups in total. The average Bonchev–Trinajstić information content (AvgIpc) is 2.73. The first kappa shape index (κ1) is 40.0. The lowest BCUT2D eigenvalue weighted by Crippen LogP contribution is -3.00. The van der Waals surface area contributed by atoms with Crippen LogP contribution in [0.2, 0.25) is 0 Å². The van der Waals surface area contributed by atoms with Gasteiger partial charge < -0.3 is 56.5 Å². The maximum absolute atomic E-state index is 3.44. The summed E-state index contributed by atoms with van der Waals surface area (Å²) in [5, 5.41) is 3.44. The molecule has 0 atom stereocenters. The van der Waals surface area contributed by atoms with Gasteiger partial charge in [0.1, 0.15) is 0 Å². The molecule has 0 unspecified atom stereocenters. The molecule has 0 radical (unpaired) electrons. The Hall–Kier alpha value is 0.800. The molecule has 1 rings (SSSR count). The maximum atomic E-state index is 3.44. The Kier molecular flexibility index (Phi) is 42.5. The molecule has 1 heterocycles. The predicted molar refractivity (Wildman–Crippen MR) is 139 cm³/mol. The Balaban J connectivity index is -0.000000980. The quantitative estimate of drug-likeness (QED) is 0.180. The van der Waals surface area contributed by atoms with Crippen molar-refractivity contribution in [3.8, 4) is 0 Å². The molecule has 0 spiro atoms. The third-order valence-corrected chi connectivity index (χ3v) is 6.54. The first-order chi connectivity index (χ1) is 13.9. The number of rotatable bonds is 21. The summed E-state index contributed by atoms with van der Waals surface area (Å²) in [7, 11) is 0. The largest absolute Gasteiger partial charge is 1.00 e. The number of quaternary nitrogens is 2. The van der Waals surface area contributed by atoms with Crippen molar-refractivity contribution in [1.29, 1.82) is 0 Å². The minimum absolute atomic E-state index is 0. The van der Waals surface area contributed by atoms with Crippen molar-refractivity contribution in [1.82, 2.24) is 22.5 Å². The zero-order chi connectivity index (χ0) is 20.0. The summed E-state index contributed by atoms with van der Waals surface area (Å²) in [6.45, 7) is 8.55. The van der Waals surface area contributed by atoms with E-state index in [2.05, 4.69) is 17.1 Å². The standard InChI is InChI=1S/C26H54N2.2BrH.2H3N/c1-2-3-4-5-6-7-8-9-10-11-12-13-14-15-16-17-18-19-20-21-24-28-25-22-27-23-26-28;;;;/h27H,2-26H2,1H3;2*1H;2*1H3. The number of piperazine rings is 1. The number of hydrogen-bond acceptors (Lipinski definition) is 2. The van der Waals surface area contributed by atoms with Crippen LogP contribution in [-0.4, -0.2) is 37.6 Å². The Labute approximate surface area is 223 Å². The van der Waals surface area contributed by atoms with Crippen LogP contribution in [0.1, 0.15) is 135 Å². The third kappa shape index (κ3) is 28.8. The van der Waals surface area contributed by atoms with E-state index in [-0.39, 0.29) is 46.3 Å². The SMILES string of the molecule is CCCCCCCCCCCCCCCCCCCCCCN1CCNCC1.[Br-].[Br-].[NH4+].[NH4+]. The molecule has 0 saturated carbocycles. The van der Waals surface area contributed by atoms with Gasteiger partial charge in [0.05, 0.1) is 0 Å². The van der Waals surface area contributed by atoms with Gasteiger partial charge in [-0.2, -0.15) is 0 Å². The van der Waals surface area contributed by atoms with Gasteiger partial charge in [0.15, 0.2) is 0 Å². The third-order valence-electron chi connectivity index (χ3n) is 6.54. The summed E-state index contributed by atoms with van der Waals surface area (Å²) in [4.78, 5) is 2.63. The van der Waals surface area contributed by atoms with E-state index in [0.717, 1.165) is 0 Å². The predicted octanol–water partition coefficient (Wildman–Crippen LogP) is 2.47. The fourth-order valence-electron chi connectivity index (χ4n) is 4.53. The van der Waals surface area contributed by atoms with E-state index in [4.69, 9.17) is 0 Å². The lowest BCUT2D eigenvalue weighted by atomic mass is 10.0. The summed E-state index contributed by atoms with van der Waals surface area (Å²) in [6, 6.07) is 0. The van der Waals surface area contributed by atoms with E-state index in [1.54, 1.807) is 0 Å². The zero-order valence-corrected chi connectivity index (χ0v) is 25.6. The molecule has 0 aromatic heterocycles. The summed E-state index contributed by atoms with van der Waals surface area (Å²) in [6.07, 6.45) is 29.4. The number of hydrogen-bond donors (Lipinski definition) is 3. The second-order valence-electron chi connectivity index (χ2n) is 9.31. The molecule has 200 valence electrons. The van der Waals surface area contributed by atoms with E-state index >= 15 is 0 Å². The van der Waals surface area contributed by atoms with Gasteiger partial charge in [-0.15, -0.1) is 0 Å². The molecule has 1 saturated heterocycles. The molecule has 6 heteroatoms. The van der Waals surface area contributed by atoms with Crippen molar-refractivity contribution in [3.05, 3.63) is 0 Å². The van der Waals surface area contributed by atoms with Crippen molar-refractivity contribution in [2.24, 2.45) is 0 Å². The highest BCUT2D eigenvalue weighted by Crippen LogP contribution is 2.14. The highest BCUT2D eigenvalue weighted by Gasteiger charge is 2.07. The van der Waals surface area contributed by atoms with Crippen molar-refractivity contribution >= 4 is 0 Å². The first-order valence-corrected chi connectivity index (χ1v) is 13.4. The molecule has 4 nitrogen and oxygen atoms in total. The van der Waals surface area contributed by atoms with Crippen molar-refractivity contribution < 1.29 is 34.0 Å². The molecular weight excluding hydrogens is 528 g/mol. The molecule has 1 aliphatic heterocycles. The van der Waals surface area contributed by atoms with Crippen LogP contribution in [-0.2, 0) is 0 Å². The minimum Gasteiger partial charge on any atom is -1.00 e. The van der Waals surface area contributed by atoms with Gasteiger partial charge in [0.2, 0.25) is 0 Å². The van der Waals surface area contributed by atoms with Crippen LogP contribution in [0, 0.1) is 0 Å². The molecule has 1 aliphatic rings. The highest BCUT2D eigenvalue weighted by molar-refractivity contribution is 4.67. The molecule has 0 aromatic carbocycles. The topological polar surface area (TPSA) is 88.3 Å². The van der Waals surface area contributed by atoms with Gasteiger partial charge in [-0.05, 0) is 13.0 Å². The summed E-state index contributed by atoms with van der Waals surface area (Å²) >= 11 is 0. The van der Waals surface area contributed by atoms with Crippen LogP contribution in [0.15, 0.2) is 0 Å². The van der Waals surface area contributed by atoms with Gasteiger partial charge in [-0.25, -0.2) is 0 Å². The molecule has 0 aliphatic carbocycles. The Morgan fingerprint density at radius 2 is 0.750 bits per heavy atom. The summed E-state index contributed by atoms with van der Waals surface area (Å²) in [5.41, 5.74) is 0. The van der Waals surface area contributed by atoms with Gasteiger partial charge >= 0.3 is 0 Å². The maximum Gasteiger partial charge on any atom is 0.0107 e. The van der Waals surface area contributed by atoms with Gasteiger partial charge in [0.25, 0.3) is 0 Å². The monoisotopic (exact) mass is 588 g/mol. The molecular formula is C26H62Br2N4. The van der Waals surface area contributed by atoms with E-state index in [1.165, 1.54) is 161 Å². The van der Waals surface area contributed by atoms with E-state index in [9.17, 15) is 0 Å². The first-order valence-electron chi connectivity index (χ1n) is 13.4.